The smallest absolute Gasteiger partial charge is 0.124 e. The summed E-state index contributed by atoms with van der Waals surface area (Å²) in [5, 5.41) is 5.89. The van der Waals surface area contributed by atoms with Gasteiger partial charge in [0.1, 0.15) is 5.75 Å². The van der Waals surface area contributed by atoms with Gasteiger partial charge in [0, 0.05) is 5.56 Å². The van der Waals surface area contributed by atoms with Crippen molar-refractivity contribution in [1.82, 2.24) is 5.32 Å². The Morgan fingerprint density at radius 3 is 2.67 bits per heavy atom. The van der Waals surface area contributed by atoms with Crippen molar-refractivity contribution in [3.63, 3.8) is 0 Å². The molecule has 0 aliphatic carbocycles. The number of para-hydroxylation sites is 1. The largest absolute Gasteiger partial charge is 0.491 e. The maximum atomic E-state index is 6.00. The van der Waals surface area contributed by atoms with Gasteiger partial charge in [0.05, 0.1) is 15.0 Å². The van der Waals surface area contributed by atoms with Crippen LogP contribution in [0.4, 0.5) is 0 Å². The lowest BCUT2D eigenvalue weighted by atomic mass is 10.00. The summed E-state index contributed by atoms with van der Waals surface area (Å²) in [6.07, 6.45) is 1.30. The third-order valence-corrected chi connectivity index (χ3v) is 4.92. The van der Waals surface area contributed by atoms with Gasteiger partial charge in [-0.05, 0) is 72.5 Å². The topological polar surface area (TPSA) is 21.3 Å². The molecule has 0 aliphatic heterocycles. The zero-order valence-electron chi connectivity index (χ0n) is 12.7. The van der Waals surface area contributed by atoms with Crippen LogP contribution in [0, 0.1) is 2.88 Å². The van der Waals surface area contributed by atoms with E-state index in [0.29, 0.717) is 0 Å². The SMILES string of the molecule is CCCNC(c1csc(I)c1)c1ccccc1OC(C)C. The van der Waals surface area contributed by atoms with Crippen LogP contribution in [0.1, 0.15) is 44.4 Å². The molecule has 0 radical (unpaired) electrons. The summed E-state index contributed by atoms with van der Waals surface area (Å²) in [4.78, 5) is 0. The maximum absolute atomic E-state index is 6.00. The minimum absolute atomic E-state index is 0.181. The molecule has 1 aromatic heterocycles. The molecule has 2 aromatic rings. The molecule has 4 heteroatoms. The van der Waals surface area contributed by atoms with Crippen molar-refractivity contribution in [1.29, 1.82) is 0 Å². The molecule has 1 heterocycles. The predicted octanol–water partition coefficient (Wildman–Crippen LogP) is 5.23. The molecule has 0 aliphatic rings. The lowest BCUT2D eigenvalue weighted by Crippen LogP contribution is -2.24. The summed E-state index contributed by atoms with van der Waals surface area (Å²) in [6, 6.07) is 10.8. The fraction of sp³-hybridized carbons (Fsp3) is 0.412. The maximum Gasteiger partial charge on any atom is 0.124 e. The lowest BCUT2D eigenvalue weighted by molar-refractivity contribution is 0.238. The Balaban J connectivity index is 2.36. The molecule has 1 unspecified atom stereocenters. The summed E-state index contributed by atoms with van der Waals surface area (Å²) in [6.45, 7) is 7.32. The van der Waals surface area contributed by atoms with Crippen molar-refractivity contribution >= 4 is 33.9 Å². The molecular formula is C17H22INOS. The van der Waals surface area contributed by atoms with Crippen molar-refractivity contribution in [2.24, 2.45) is 0 Å². The van der Waals surface area contributed by atoms with Gasteiger partial charge in [-0.1, -0.05) is 25.1 Å². The first kappa shape index (κ1) is 16.8. The monoisotopic (exact) mass is 415 g/mol. The second-order valence-electron chi connectivity index (χ2n) is 5.28. The summed E-state index contributed by atoms with van der Waals surface area (Å²) in [7, 11) is 0. The Morgan fingerprint density at radius 1 is 1.29 bits per heavy atom. The highest BCUT2D eigenvalue weighted by Crippen LogP contribution is 2.33. The van der Waals surface area contributed by atoms with Crippen LogP contribution in [-0.4, -0.2) is 12.6 Å². The van der Waals surface area contributed by atoms with Gasteiger partial charge in [0.2, 0.25) is 0 Å². The van der Waals surface area contributed by atoms with Gasteiger partial charge in [-0.15, -0.1) is 11.3 Å². The first-order valence-electron chi connectivity index (χ1n) is 7.34. The van der Waals surface area contributed by atoms with E-state index in [1.807, 2.05) is 6.07 Å². The Hall–Kier alpha value is -0.590. The number of ether oxygens (including phenoxy) is 1. The molecule has 1 atom stereocenters. The number of benzene rings is 1. The number of thiophene rings is 1. The normalized spacial score (nSPS) is 12.6. The molecule has 0 saturated heterocycles. The number of nitrogens with one attached hydrogen (secondary N) is 1. The first-order chi connectivity index (χ1) is 10.1. The molecular weight excluding hydrogens is 393 g/mol. The van der Waals surface area contributed by atoms with Crippen LogP contribution in [0.2, 0.25) is 0 Å². The van der Waals surface area contributed by atoms with E-state index < -0.39 is 0 Å². The summed E-state index contributed by atoms with van der Waals surface area (Å²) in [5.41, 5.74) is 2.53. The number of rotatable bonds is 7. The zero-order valence-corrected chi connectivity index (χ0v) is 15.7. The average molecular weight is 415 g/mol. The number of halogens is 1. The molecule has 0 saturated carbocycles. The highest BCUT2D eigenvalue weighted by molar-refractivity contribution is 14.1. The highest BCUT2D eigenvalue weighted by Gasteiger charge is 2.19. The molecule has 0 amide bonds. The zero-order chi connectivity index (χ0) is 15.2. The Kier molecular flexibility index (Phi) is 6.51. The van der Waals surface area contributed by atoms with Gasteiger partial charge in [-0.2, -0.15) is 0 Å². The standard InChI is InChI=1S/C17H22INOS/c1-4-9-19-17(13-10-16(18)21-11-13)14-7-5-6-8-15(14)20-12(2)3/h5-8,10-12,17,19H,4,9H2,1-3H3. The molecule has 21 heavy (non-hydrogen) atoms. The third-order valence-electron chi connectivity index (χ3n) is 3.11. The lowest BCUT2D eigenvalue weighted by Gasteiger charge is -2.22. The van der Waals surface area contributed by atoms with E-state index in [9.17, 15) is 0 Å². The van der Waals surface area contributed by atoms with E-state index >= 15 is 0 Å². The Morgan fingerprint density at radius 2 is 2.05 bits per heavy atom. The van der Waals surface area contributed by atoms with Crippen LogP contribution >= 0.6 is 33.9 Å². The highest BCUT2D eigenvalue weighted by atomic mass is 127. The van der Waals surface area contributed by atoms with Crippen LogP contribution in [0.5, 0.6) is 5.75 Å². The second kappa shape index (κ2) is 8.15. The van der Waals surface area contributed by atoms with Gasteiger partial charge in [0.15, 0.2) is 0 Å². The summed E-state index contributed by atoms with van der Waals surface area (Å²) < 4.78 is 7.31. The molecule has 114 valence electrons. The predicted molar refractivity (Wildman–Crippen MR) is 99.4 cm³/mol. The first-order valence-corrected chi connectivity index (χ1v) is 9.30. The second-order valence-corrected chi connectivity index (χ2v) is 8.08. The van der Waals surface area contributed by atoms with Crippen LogP contribution in [0.15, 0.2) is 35.7 Å². The van der Waals surface area contributed by atoms with E-state index in [2.05, 4.69) is 78.3 Å². The molecule has 2 nitrogen and oxygen atoms in total. The van der Waals surface area contributed by atoms with Gasteiger partial charge in [-0.25, -0.2) is 0 Å². The van der Waals surface area contributed by atoms with Gasteiger partial charge >= 0.3 is 0 Å². The van der Waals surface area contributed by atoms with Gasteiger partial charge in [-0.3, -0.25) is 0 Å². The van der Waals surface area contributed by atoms with Gasteiger partial charge in [0.25, 0.3) is 0 Å². The minimum Gasteiger partial charge on any atom is -0.491 e. The van der Waals surface area contributed by atoms with Crippen molar-refractivity contribution in [2.45, 2.75) is 39.3 Å². The molecule has 0 spiro atoms. The third kappa shape index (κ3) is 4.69. The average Bonchev–Trinajstić information content (AvgIpc) is 2.87. The minimum atomic E-state index is 0.181. The van der Waals surface area contributed by atoms with E-state index in [-0.39, 0.29) is 12.1 Å². The molecule has 1 aromatic carbocycles. The van der Waals surface area contributed by atoms with Crippen molar-refractivity contribution in [3.05, 3.63) is 49.7 Å². The number of hydrogen-bond donors (Lipinski definition) is 1. The molecule has 0 fully saturated rings. The Labute approximate surface area is 145 Å². The van der Waals surface area contributed by atoms with Crippen molar-refractivity contribution in [3.8, 4) is 5.75 Å². The van der Waals surface area contributed by atoms with Crippen LogP contribution in [-0.2, 0) is 0 Å². The van der Waals surface area contributed by atoms with E-state index in [1.54, 1.807) is 11.3 Å². The van der Waals surface area contributed by atoms with Crippen molar-refractivity contribution in [2.75, 3.05) is 6.54 Å². The van der Waals surface area contributed by atoms with Crippen LogP contribution in [0.3, 0.4) is 0 Å². The quantitative estimate of drug-likeness (QED) is 0.626. The number of hydrogen-bond acceptors (Lipinski definition) is 3. The van der Waals surface area contributed by atoms with Gasteiger partial charge < -0.3 is 10.1 Å². The van der Waals surface area contributed by atoms with E-state index in [4.69, 9.17) is 4.74 Å². The molecule has 0 bridgehead atoms. The molecule has 1 N–H and O–H groups in total. The fourth-order valence-electron chi connectivity index (χ4n) is 2.25. The molecule has 2 rings (SSSR count). The summed E-state index contributed by atoms with van der Waals surface area (Å²) in [5.74, 6) is 0.974. The van der Waals surface area contributed by atoms with Crippen LogP contribution in [0.25, 0.3) is 0 Å². The fourth-order valence-corrected chi connectivity index (χ4v) is 3.65. The van der Waals surface area contributed by atoms with E-state index in [1.165, 1.54) is 14.0 Å². The summed E-state index contributed by atoms with van der Waals surface area (Å²) >= 11 is 4.17. The van der Waals surface area contributed by atoms with E-state index in [0.717, 1.165) is 18.7 Å². The Bertz CT molecular complexity index is 567. The van der Waals surface area contributed by atoms with Crippen LogP contribution < -0.4 is 10.1 Å². The van der Waals surface area contributed by atoms with Crippen molar-refractivity contribution < 1.29 is 4.74 Å².